The lowest BCUT2D eigenvalue weighted by Gasteiger charge is -2.49. The third-order valence-electron chi connectivity index (χ3n) is 7.15. The Labute approximate surface area is 208 Å². The van der Waals surface area contributed by atoms with Crippen LogP contribution in [0.15, 0.2) is 53.5 Å². The van der Waals surface area contributed by atoms with E-state index in [-0.39, 0.29) is 5.56 Å². The minimum atomic E-state index is -0.0122. The average Bonchev–Trinajstić information content (AvgIpc) is 2.87. The van der Waals surface area contributed by atoms with Crippen LogP contribution in [0.4, 0.5) is 5.69 Å². The molecule has 0 atom stereocenters. The maximum atomic E-state index is 12.7. The highest BCUT2D eigenvalue weighted by Gasteiger charge is 2.34. The summed E-state index contributed by atoms with van der Waals surface area (Å²) in [5, 5.41) is 0. The number of hydrogen-bond acceptors (Lipinski definition) is 6. The first-order chi connectivity index (χ1) is 17.0. The van der Waals surface area contributed by atoms with Crippen molar-refractivity contribution in [2.75, 3.05) is 51.3 Å². The molecule has 2 saturated heterocycles. The molecule has 2 aliphatic rings. The molecule has 2 aromatic heterocycles. The Morgan fingerprint density at radius 3 is 2.31 bits per heavy atom. The molecule has 3 aromatic rings. The lowest BCUT2D eigenvalue weighted by molar-refractivity contribution is 0.0678. The summed E-state index contributed by atoms with van der Waals surface area (Å²) in [6, 6.07) is 14.6. The van der Waals surface area contributed by atoms with Gasteiger partial charge in [0.2, 0.25) is 0 Å². The molecular formula is C28H39N5O2. The number of hydrogen-bond donors (Lipinski definition) is 0. The van der Waals surface area contributed by atoms with Gasteiger partial charge in [-0.15, -0.1) is 0 Å². The van der Waals surface area contributed by atoms with Crippen LogP contribution in [0.2, 0.25) is 0 Å². The van der Waals surface area contributed by atoms with Crippen LogP contribution >= 0.6 is 0 Å². The molecular weight excluding hydrogens is 438 g/mol. The summed E-state index contributed by atoms with van der Waals surface area (Å²) in [6.07, 6.45) is 1.94. The lowest BCUT2D eigenvalue weighted by atomic mass is 10.0. The van der Waals surface area contributed by atoms with Crippen LogP contribution in [0.5, 0.6) is 5.75 Å². The first-order valence-electron chi connectivity index (χ1n) is 12.9. The average molecular weight is 478 g/mol. The molecule has 0 spiro atoms. The summed E-state index contributed by atoms with van der Waals surface area (Å²) in [6.45, 7) is 15.7. The van der Waals surface area contributed by atoms with E-state index in [4.69, 9.17) is 4.74 Å². The predicted molar refractivity (Wildman–Crippen MR) is 144 cm³/mol. The van der Waals surface area contributed by atoms with Gasteiger partial charge < -0.3 is 14.2 Å². The number of benzene rings is 1. The van der Waals surface area contributed by atoms with E-state index < -0.39 is 0 Å². The summed E-state index contributed by atoms with van der Waals surface area (Å²) < 4.78 is 7.07. The Morgan fingerprint density at radius 2 is 1.69 bits per heavy atom. The topological polar surface area (TPSA) is 53.8 Å². The molecule has 0 radical (unpaired) electrons. The monoisotopic (exact) mass is 477 g/mol. The van der Waals surface area contributed by atoms with Crippen LogP contribution in [-0.2, 0) is 6.54 Å². The zero-order valence-corrected chi connectivity index (χ0v) is 21.8. The van der Waals surface area contributed by atoms with Gasteiger partial charge in [-0.05, 0) is 43.7 Å². The SMILES string of the molecule is CC.COc1ccc(Cn2c(=O)ccc3ncc(N4CC(N5CCN(C(C)C)CC5)C4)cc32)cc1. The molecule has 188 valence electrons. The minimum absolute atomic E-state index is 0.0122. The normalized spacial score (nSPS) is 17.3. The number of methoxy groups -OCH3 is 1. The fourth-order valence-electron chi connectivity index (χ4n) is 4.92. The summed E-state index contributed by atoms with van der Waals surface area (Å²) in [7, 11) is 1.66. The summed E-state index contributed by atoms with van der Waals surface area (Å²) in [5.74, 6) is 0.811. The van der Waals surface area contributed by atoms with Gasteiger partial charge in [0.15, 0.2) is 0 Å². The number of fused-ring (bicyclic) bond motifs is 1. The number of nitrogens with zero attached hydrogens (tertiary/aromatic N) is 5. The van der Waals surface area contributed by atoms with Crippen molar-refractivity contribution in [3.8, 4) is 5.75 Å². The van der Waals surface area contributed by atoms with E-state index in [0.29, 0.717) is 18.6 Å². The number of pyridine rings is 2. The van der Waals surface area contributed by atoms with Crippen molar-refractivity contribution in [2.45, 2.75) is 46.3 Å². The van der Waals surface area contributed by atoms with Gasteiger partial charge in [-0.1, -0.05) is 26.0 Å². The lowest BCUT2D eigenvalue weighted by Crippen LogP contribution is -2.63. The van der Waals surface area contributed by atoms with Crippen molar-refractivity contribution in [3.05, 3.63) is 64.6 Å². The molecule has 0 N–H and O–H groups in total. The van der Waals surface area contributed by atoms with Crippen LogP contribution in [0.25, 0.3) is 11.0 Å². The Morgan fingerprint density at radius 1 is 1.00 bits per heavy atom. The van der Waals surface area contributed by atoms with Gasteiger partial charge in [0, 0.05) is 57.4 Å². The van der Waals surface area contributed by atoms with Gasteiger partial charge in [-0.25, -0.2) is 0 Å². The highest BCUT2D eigenvalue weighted by atomic mass is 16.5. The van der Waals surface area contributed by atoms with E-state index >= 15 is 0 Å². The highest BCUT2D eigenvalue weighted by Crippen LogP contribution is 2.27. The van der Waals surface area contributed by atoms with Crippen molar-refractivity contribution < 1.29 is 4.74 Å². The van der Waals surface area contributed by atoms with Gasteiger partial charge in [0.1, 0.15) is 5.75 Å². The molecule has 2 aliphatic heterocycles. The molecule has 0 aliphatic carbocycles. The van der Waals surface area contributed by atoms with E-state index in [2.05, 4.69) is 39.6 Å². The second-order valence-corrected chi connectivity index (χ2v) is 9.43. The molecule has 35 heavy (non-hydrogen) atoms. The maximum absolute atomic E-state index is 12.7. The number of rotatable bonds is 6. The first kappa shape index (κ1) is 25.2. The van der Waals surface area contributed by atoms with Gasteiger partial charge in [0.05, 0.1) is 36.6 Å². The molecule has 2 fully saturated rings. The Balaban J connectivity index is 0.00000141. The van der Waals surface area contributed by atoms with Crippen molar-refractivity contribution in [1.82, 2.24) is 19.4 Å². The molecule has 1 aromatic carbocycles. The highest BCUT2D eigenvalue weighted by molar-refractivity contribution is 5.78. The van der Waals surface area contributed by atoms with Crippen LogP contribution in [-0.4, -0.2) is 77.8 Å². The molecule has 7 nitrogen and oxygen atoms in total. The molecule has 0 unspecified atom stereocenters. The van der Waals surface area contributed by atoms with Gasteiger partial charge in [0.25, 0.3) is 5.56 Å². The summed E-state index contributed by atoms with van der Waals surface area (Å²) >= 11 is 0. The predicted octanol–water partition coefficient (Wildman–Crippen LogP) is 3.69. The van der Waals surface area contributed by atoms with Crippen LogP contribution in [0.1, 0.15) is 33.3 Å². The third-order valence-corrected chi connectivity index (χ3v) is 7.15. The Kier molecular flexibility index (Phi) is 8.08. The molecule has 4 heterocycles. The quantitative estimate of drug-likeness (QED) is 0.540. The smallest absolute Gasteiger partial charge is 0.251 e. The number of anilines is 1. The molecule has 0 bridgehead atoms. The van der Waals surface area contributed by atoms with E-state index in [0.717, 1.165) is 67.3 Å². The Hall–Kier alpha value is -2.90. The van der Waals surface area contributed by atoms with Crippen LogP contribution in [0, 0.1) is 0 Å². The zero-order valence-electron chi connectivity index (χ0n) is 21.8. The van der Waals surface area contributed by atoms with Crippen LogP contribution < -0.4 is 15.2 Å². The van der Waals surface area contributed by atoms with Gasteiger partial charge >= 0.3 is 0 Å². The van der Waals surface area contributed by atoms with Gasteiger partial charge in [-0.3, -0.25) is 19.6 Å². The second kappa shape index (κ2) is 11.2. The van der Waals surface area contributed by atoms with E-state index in [1.165, 1.54) is 0 Å². The van der Waals surface area contributed by atoms with Crippen molar-refractivity contribution in [1.29, 1.82) is 0 Å². The van der Waals surface area contributed by atoms with E-state index in [1.54, 1.807) is 13.2 Å². The Bertz CT molecular complexity index is 1160. The molecule has 5 rings (SSSR count). The van der Waals surface area contributed by atoms with Crippen LogP contribution in [0.3, 0.4) is 0 Å². The van der Waals surface area contributed by atoms with E-state index in [1.807, 2.05) is 54.9 Å². The fraction of sp³-hybridized carbons (Fsp3) is 0.500. The van der Waals surface area contributed by atoms with E-state index in [9.17, 15) is 4.79 Å². The largest absolute Gasteiger partial charge is 0.497 e. The summed E-state index contributed by atoms with van der Waals surface area (Å²) in [4.78, 5) is 25.0. The molecule has 7 heteroatoms. The number of piperazine rings is 1. The van der Waals surface area contributed by atoms with Crippen molar-refractivity contribution in [2.24, 2.45) is 0 Å². The second-order valence-electron chi connectivity index (χ2n) is 9.43. The van der Waals surface area contributed by atoms with Crippen molar-refractivity contribution in [3.63, 3.8) is 0 Å². The summed E-state index contributed by atoms with van der Waals surface area (Å²) in [5.41, 5.74) is 3.86. The standard InChI is InChI=1S/C26H33N5O2.C2H6/c1-19(2)28-10-12-29(13-11-28)22-17-30(18-22)21-14-25-24(27-15-21)8-9-26(32)31(25)16-20-4-6-23(33-3)7-5-20;1-2/h4-9,14-15,19,22H,10-13,16-18H2,1-3H3;1-2H3. The maximum Gasteiger partial charge on any atom is 0.251 e. The molecule has 0 saturated carbocycles. The van der Waals surface area contributed by atoms with Crippen molar-refractivity contribution >= 4 is 16.7 Å². The minimum Gasteiger partial charge on any atom is -0.497 e. The zero-order chi connectivity index (χ0) is 24.9. The molecule has 0 amide bonds. The van der Waals surface area contributed by atoms with Gasteiger partial charge in [-0.2, -0.15) is 0 Å². The first-order valence-corrected chi connectivity index (χ1v) is 12.9. The number of aromatic nitrogens is 2. The fourth-order valence-corrected chi connectivity index (χ4v) is 4.92. The third kappa shape index (κ3) is 5.52. The number of ether oxygens (including phenoxy) is 1.